The van der Waals surface area contributed by atoms with Crippen LogP contribution in [0.2, 0.25) is 5.02 Å². The molecule has 1 saturated heterocycles. The molecule has 1 aliphatic rings. The molecule has 0 radical (unpaired) electrons. The van der Waals surface area contributed by atoms with E-state index in [1.165, 1.54) is 33.0 Å². The van der Waals surface area contributed by atoms with Crippen molar-refractivity contribution in [3.05, 3.63) is 83.6 Å². The van der Waals surface area contributed by atoms with E-state index in [2.05, 4.69) is 64.5 Å². The van der Waals surface area contributed by atoms with Crippen molar-refractivity contribution in [1.29, 1.82) is 0 Å². The molecular formula is C24H21ClN2S. The molecule has 0 aliphatic carbocycles. The standard InChI is InChI=1S/C24H21ClN2S/c25-23-12-21-14-26-9-7-20(21)13-24(23)28-22-8-10-27(16-22)15-17-5-6-18-3-1-2-4-19(18)11-17/h1-7,9,11-14,22H,8,10,15-16H2/t22-/m0/s1. The van der Waals surface area contributed by atoms with Crippen LogP contribution in [-0.2, 0) is 6.54 Å². The maximum Gasteiger partial charge on any atom is 0.0548 e. The fourth-order valence-electron chi connectivity index (χ4n) is 3.99. The van der Waals surface area contributed by atoms with Crippen molar-refractivity contribution >= 4 is 44.9 Å². The zero-order chi connectivity index (χ0) is 18.9. The van der Waals surface area contributed by atoms with Crippen LogP contribution < -0.4 is 0 Å². The van der Waals surface area contributed by atoms with Gasteiger partial charge in [0.2, 0.25) is 0 Å². The lowest BCUT2D eigenvalue weighted by atomic mass is 10.1. The van der Waals surface area contributed by atoms with Crippen LogP contribution in [0.4, 0.5) is 0 Å². The van der Waals surface area contributed by atoms with Gasteiger partial charge < -0.3 is 0 Å². The number of likely N-dealkylation sites (tertiary alicyclic amines) is 1. The first-order valence-corrected chi connectivity index (χ1v) is 10.9. The van der Waals surface area contributed by atoms with E-state index in [0.29, 0.717) is 5.25 Å². The monoisotopic (exact) mass is 404 g/mol. The third kappa shape index (κ3) is 3.75. The summed E-state index contributed by atoms with van der Waals surface area (Å²) in [6, 6.07) is 21.7. The Balaban J connectivity index is 1.27. The number of hydrogen-bond donors (Lipinski definition) is 0. The molecule has 1 atom stereocenters. The SMILES string of the molecule is Clc1cc2cnccc2cc1S[C@H]1CCN(Cc2ccc3ccccc3c2)C1. The first-order chi connectivity index (χ1) is 13.7. The van der Waals surface area contributed by atoms with Crippen LogP contribution in [0.25, 0.3) is 21.5 Å². The normalized spacial score (nSPS) is 17.5. The number of thioether (sulfide) groups is 1. The van der Waals surface area contributed by atoms with Gasteiger partial charge in [-0.15, -0.1) is 11.8 Å². The highest BCUT2D eigenvalue weighted by Gasteiger charge is 2.24. The van der Waals surface area contributed by atoms with Crippen LogP contribution in [0.1, 0.15) is 12.0 Å². The lowest BCUT2D eigenvalue weighted by Gasteiger charge is -2.17. The van der Waals surface area contributed by atoms with Gasteiger partial charge >= 0.3 is 0 Å². The van der Waals surface area contributed by atoms with Crippen molar-refractivity contribution in [3.63, 3.8) is 0 Å². The van der Waals surface area contributed by atoms with E-state index in [-0.39, 0.29) is 0 Å². The second kappa shape index (κ2) is 7.75. The number of benzene rings is 3. The predicted molar refractivity (Wildman–Crippen MR) is 120 cm³/mol. The van der Waals surface area contributed by atoms with E-state index in [9.17, 15) is 0 Å². The van der Waals surface area contributed by atoms with Gasteiger partial charge in [0.05, 0.1) is 5.02 Å². The summed E-state index contributed by atoms with van der Waals surface area (Å²) in [6.07, 6.45) is 4.91. The summed E-state index contributed by atoms with van der Waals surface area (Å²) in [7, 11) is 0. The Hall–Kier alpha value is -2.07. The smallest absolute Gasteiger partial charge is 0.0548 e. The Bertz CT molecular complexity index is 1140. The molecule has 1 aromatic heterocycles. The van der Waals surface area contributed by atoms with Gasteiger partial charge in [0, 0.05) is 41.0 Å². The topological polar surface area (TPSA) is 16.1 Å². The van der Waals surface area contributed by atoms with E-state index in [1.807, 2.05) is 30.2 Å². The highest BCUT2D eigenvalue weighted by molar-refractivity contribution is 8.00. The second-order valence-electron chi connectivity index (χ2n) is 7.45. The highest BCUT2D eigenvalue weighted by atomic mass is 35.5. The first kappa shape index (κ1) is 18.0. The summed E-state index contributed by atoms with van der Waals surface area (Å²) in [6.45, 7) is 3.25. The molecule has 0 amide bonds. The minimum absolute atomic E-state index is 0.581. The minimum Gasteiger partial charge on any atom is -0.298 e. The molecule has 0 saturated carbocycles. The molecule has 2 nitrogen and oxygen atoms in total. The van der Waals surface area contributed by atoms with E-state index >= 15 is 0 Å². The Labute approximate surface area is 174 Å². The highest BCUT2D eigenvalue weighted by Crippen LogP contribution is 2.37. The molecule has 3 aromatic carbocycles. The summed E-state index contributed by atoms with van der Waals surface area (Å²) in [4.78, 5) is 7.92. The average Bonchev–Trinajstić information content (AvgIpc) is 3.15. The predicted octanol–water partition coefficient (Wildman–Crippen LogP) is 6.41. The van der Waals surface area contributed by atoms with Crippen molar-refractivity contribution in [1.82, 2.24) is 9.88 Å². The van der Waals surface area contributed by atoms with E-state index in [0.717, 1.165) is 30.0 Å². The van der Waals surface area contributed by atoms with Gasteiger partial charge in [-0.1, -0.05) is 48.0 Å². The Morgan fingerprint density at radius 2 is 1.82 bits per heavy atom. The summed E-state index contributed by atoms with van der Waals surface area (Å²) in [5.74, 6) is 0. The summed E-state index contributed by atoms with van der Waals surface area (Å²) < 4.78 is 0. The van der Waals surface area contributed by atoms with Crippen molar-refractivity contribution in [3.8, 4) is 0 Å². The van der Waals surface area contributed by atoms with Crippen LogP contribution >= 0.6 is 23.4 Å². The Morgan fingerprint density at radius 1 is 0.964 bits per heavy atom. The zero-order valence-corrected chi connectivity index (χ0v) is 17.1. The van der Waals surface area contributed by atoms with E-state index in [4.69, 9.17) is 11.6 Å². The van der Waals surface area contributed by atoms with Crippen molar-refractivity contribution in [2.24, 2.45) is 0 Å². The van der Waals surface area contributed by atoms with Gasteiger partial charge in [-0.2, -0.15) is 0 Å². The molecule has 1 aliphatic heterocycles. The summed E-state index contributed by atoms with van der Waals surface area (Å²) in [5.41, 5.74) is 1.39. The molecular weight excluding hydrogens is 384 g/mol. The molecule has 0 N–H and O–H groups in total. The molecule has 28 heavy (non-hydrogen) atoms. The maximum atomic E-state index is 6.54. The van der Waals surface area contributed by atoms with Gasteiger partial charge in [-0.05, 0) is 59.0 Å². The van der Waals surface area contributed by atoms with Crippen molar-refractivity contribution in [2.45, 2.75) is 23.1 Å². The molecule has 5 rings (SSSR count). The Kier molecular flexibility index (Phi) is 4.98. The van der Waals surface area contributed by atoms with Crippen LogP contribution in [-0.4, -0.2) is 28.2 Å². The number of rotatable bonds is 4. The van der Waals surface area contributed by atoms with Crippen LogP contribution in [0.3, 0.4) is 0 Å². The molecule has 0 spiro atoms. The van der Waals surface area contributed by atoms with E-state index in [1.54, 1.807) is 0 Å². The lowest BCUT2D eigenvalue weighted by molar-refractivity contribution is 0.332. The van der Waals surface area contributed by atoms with Crippen LogP contribution in [0.15, 0.2) is 78.0 Å². The van der Waals surface area contributed by atoms with Gasteiger partial charge in [-0.25, -0.2) is 0 Å². The van der Waals surface area contributed by atoms with Gasteiger partial charge in [-0.3, -0.25) is 9.88 Å². The fraction of sp³-hybridized carbons (Fsp3) is 0.208. The van der Waals surface area contributed by atoms with E-state index < -0.39 is 0 Å². The maximum absolute atomic E-state index is 6.54. The van der Waals surface area contributed by atoms with Gasteiger partial charge in [0.25, 0.3) is 0 Å². The Morgan fingerprint density at radius 3 is 2.75 bits per heavy atom. The number of hydrogen-bond acceptors (Lipinski definition) is 3. The number of nitrogens with zero attached hydrogens (tertiary/aromatic N) is 2. The number of pyridine rings is 1. The quantitative estimate of drug-likeness (QED) is 0.391. The molecule has 0 unspecified atom stereocenters. The number of aromatic nitrogens is 1. The van der Waals surface area contributed by atoms with Crippen molar-refractivity contribution < 1.29 is 0 Å². The molecule has 140 valence electrons. The second-order valence-corrected chi connectivity index (χ2v) is 9.20. The largest absolute Gasteiger partial charge is 0.298 e. The lowest BCUT2D eigenvalue weighted by Crippen LogP contribution is -2.20. The number of fused-ring (bicyclic) bond motifs is 2. The van der Waals surface area contributed by atoms with Crippen LogP contribution in [0, 0.1) is 0 Å². The molecule has 0 bridgehead atoms. The molecule has 4 aromatic rings. The molecule has 2 heterocycles. The number of halogens is 1. The van der Waals surface area contributed by atoms with Crippen LogP contribution in [0.5, 0.6) is 0 Å². The fourth-order valence-corrected chi connectivity index (χ4v) is 5.53. The first-order valence-electron chi connectivity index (χ1n) is 9.64. The van der Waals surface area contributed by atoms with Crippen molar-refractivity contribution in [2.75, 3.05) is 13.1 Å². The molecule has 1 fully saturated rings. The van der Waals surface area contributed by atoms with Gasteiger partial charge in [0.1, 0.15) is 0 Å². The minimum atomic E-state index is 0.581. The van der Waals surface area contributed by atoms with Gasteiger partial charge in [0.15, 0.2) is 0 Å². The summed E-state index contributed by atoms with van der Waals surface area (Å²) in [5, 5.41) is 6.34. The zero-order valence-electron chi connectivity index (χ0n) is 15.5. The third-order valence-corrected chi connectivity index (χ3v) is 7.17. The molecule has 4 heteroatoms. The third-order valence-electron chi connectivity index (χ3n) is 5.43. The average molecular weight is 405 g/mol. The summed E-state index contributed by atoms with van der Waals surface area (Å²) >= 11 is 8.46.